The Morgan fingerprint density at radius 2 is 2.29 bits per heavy atom. The van der Waals surface area contributed by atoms with Crippen LogP contribution in [0.1, 0.15) is 18.0 Å². The van der Waals surface area contributed by atoms with Crippen LogP contribution < -0.4 is 5.32 Å². The molecular weight excluding hydrogens is 187 g/mol. The summed E-state index contributed by atoms with van der Waals surface area (Å²) in [6.45, 7) is 0.788. The van der Waals surface area contributed by atoms with Crippen LogP contribution in [0.2, 0.25) is 0 Å². The van der Waals surface area contributed by atoms with E-state index >= 15 is 0 Å². The smallest absolute Gasteiger partial charge is 0.277 e. The van der Waals surface area contributed by atoms with Crippen LogP contribution in [-0.2, 0) is 0 Å². The zero-order valence-corrected chi connectivity index (χ0v) is 7.37. The Bertz CT molecular complexity index is 377. The lowest BCUT2D eigenvalue weighted by Gasteiger charge is -2.27. The van der Waals surface area contributed by atoms with Gasteiger partial charge in [-0.05, 0) is 19.0 Å². The van der Waals surface area contributed by atoms with Gasteiger partial charge in [0.25, 0.3) is 5.69 Å². The first-order valence-corrected chi connectivity index (χ1v) is 4.36. The highest BCUT2D eigenvalue weighted by molar-refractivity contribution is 5.43. The van der Waals surface area contributed by atoms with E-state index < -0.39 is 10.7 Å². The molecule has 5 heteroatoms. The van der Waals surface area contributed by atoms with Crippen LogP contribution in [0.5, 0.6) is 0 Å². The summed E-state index contributed by atoms with van der Waals surface area (Å²) in [6.07, 6.45) is 0.752. The third kappa shape index (κ3) is 1.35. The average Bonchev–Trinajstić information content (AvgIpc) is 2.04. The van der Waals surface area contributed by atoms with Gasteiger partial charge in [0, 0.05) is 12.1 Å². The van der Waals surface area contributed by atoms with Gasteiger partial charge in [0.15, 0.2) is 0 Å². The molecule has 1 atom stereocenters. The standard InChI is InChI=1S/C9H9FN2O2/c10-6-2-1-3-8(12(13)14)9(6)7-4-5-11-7/h1-3,7,11H,4-5H2/t7-/m0/s1. The van der Waals surface area contributed by atoms with Crippen molar-refractivity contribution >= 4 is 5.69 Å². The van der Waals surface area contributed by atoms with Crippen molar-refractivity contribution in [2.45, 2.75) is 12.5 Å². The molecule has 2 rings (SSSR count). The lowest BCUT2D eigenvalue weighted by atomic mass is 9.96. The van der Waals surface area contributed by atoms with Gasteiger partial charge in [-0.1, -0.05) is 6.07 Å². The molecule has 1 aromatic rings. The average molecular weight is 196 g/mol. The molecule has 1 aliphatic rings. The molecule has 1 N–H and O–H groups in total. The molecule has 0 bridgehead atoms. The Morgan fingerprint density at radius 1 is 1.57 bits per heavy atom. The van der Waals surface area contributed by atoms with Crippen molar-refractivity contribution in [1.82, 2.24) is 5.32 Å². The molecule has 0 aromatic heterocycles. The van der Waals surface area contributed by atoms with Crippen LogP contribution in [0, 0.1) is 15.9 Å². The molecule has 1 aromatic carbocycles. The number of halogens is 1. The highest BCUT2D eigenvalue weighted by atomic mass is 19.1. The Hall–Kier alpha value is -1.49. The van der Waals surface area contributed by atoms with Gasteiger partial charge in [0.05, 0.1) is 10.5 Å². The number of rotatable bonds is 2. The number of nitro groups is 1. The van der Waals surface area contributed by atoms with Crippen molar-refractivity contribution < 1.29 is 9.31 Å². The van der Waals surface area contributed by atoms with Gasteiger partial charge in [-0.2, -0.15) is 0 Å². The quantitative estimate of drug-likeness (QED) is 0.579. The van der Waals surface area contributed by atoms with Crippen LogP contribution in [0.4, 0.5) is 10.1 Å². The summed E-state index contributed by atoms with van der Waals surface area (Å²) < 4.78 is 13.3. The number of hydrogen-bond donors (Lipinski definition) is 1. The minimum absolute atomic E-state index is 0.137. The highest BCUT2D eigenvalue weighted by Gasteiger charge is 2.29. The molecule has 1 fully saturated rings. The van der Waals surface area contributed by atoms with Gasteiger partial charge in [-0.25, -0.2) is 4.39 Å². The number of nitrogens with zero attached hydrogens (tertiary/aromatic N) is 1. The first kappa shape index (κ1) is 9.08. The maximum Gasteiger partial charge on any atom is 0.277 e. The summed E-state index contributed by atoms with van der Waals surface area (Å²) >= 11 is 0. The fourth-order valence-electron chi connectivity index (χ4n) is 1.56. The molecule has 1 heterocycles. The summed E-state index contributed by atoms with van der Waals surface area (Å²) in [6, 6.07) is 3.74. The molecule has 0 aliphatic carbocycles. The van der Waals surface area contributed by atoms with Crippen molar-refractivity contribution in [1.29, 1.82) is 0 Å². The Morgan fingerprint density at radius 3 is 2.79 bits per heavy atom. The summed E-state index contributed by atoms with van der Waals surface area (Å²) in [7, 11) is 0. The molecular formula is C9H9FN2O2. The van der Waals surface area contributed by atoms with Crippen molar-refractivity contribution in [2.75, 3.05) is 6.54 Å². The van der Waals surface area contributed by atoms with Crippen molar-refractivity contribution in [3.63, 3.8) is 0 Å². The number of nitro benzene ring substituents is 1. The summed E-state index contributed by atoms with van der Waals surface area (Å²) in [4.78, 5) is 10.1. The second kappa shape index (κ2) is 3.34. The second-order valence-corrected chi connectivity index (χ2v) is 3.23. The highest BCUT2D eigenvalue weighted by Crippen LogP contribution is 2.32. The third-order valence-electron chi connectivity index (χ3n) is 2.40. The molecule has 0 saturated carbocycles. The Balaban J connectivity index is 2.47. The summed E-state index contributed by atoms with van der Waals surface area (Å²) in [5.74, 6) is -0.503. The number of hydrogen-bond acceptors (Lipinski definition) is 3. The topological polar surface area (TPSA) is 55.2 Å². The van der Waals surface area contributed by atoms with Crippen molar-refractivity contribution in [3.8, 4) is 0 Å². The maximum absolute atomic E-state index is 13.3. The van der Waals surface area contributed by atoms with Gasteiger partial charge in [-0.15, -0.1) is 0 Å². The Labute approximate surface area is 79.9 Å². The van der Waals surface area contributed by atoms with E-state index in [9.17, 15) is 14.5 Å². The lowest BCUT2D eigenvalue weighted by Crippen LogP contribution is -2.36. The van der Waals surface area contributed by atoms with E-state index in [1.165, 1.54) is 18.2 Å². The second-order valence-electron chi connectivity index (χ2n) is 3.23. The van der Waals surface area contributed by atoms with Crippen LogP contribution in [0.25, 0.3) is 0 Å². The molecule has 14 heavy (non-hydrogen) atoms. The van der Waals surface area contributed by atoms with E-state index in [1.54, 1.807) is 0 Å². The van der Waals surface area contributed by atoms with Gasteiger partial charge in [0.1, 0.15) is 5.82 Å². The molecule has 0 spiro atoms. The van der Waals surface area contributed by atoms with Gasteiger partial charge in [-0.3, -0.25) is 10.1 Å². The Kier molecular flexibility index (Phi) is 2.17. The van der Waals surface area contributed by atoms with Crippen LogP contribution >= 0.6 is 0 Å². The summed E-state index contributed by atoms with van der Waals surface area (Å²) in [5.41, 5.74) is 0.0472. The van der Waals surface area contributed by atoms with Crippen molar-refractivity contribution in [3.05, 3.63) is 39.7 Å². The van der Waals surface area contributed by atoms with Crippen molar-refractivity contribution in [2.24, 2.45) is 0 Å². The first-order chi connectivity index (χ1) is 6.70. The predicted octanol–water partition coefficient (Wildman–Crippen LogP) is 1.77. The van der Waals surface area contributed by atoms with Gasteiger partial charge in [0.2, 0.25) is 0 Å². The largest absolute Gasteiger partial charge is 0.309 e. The number of benzene rings is 1. The van der Waals surface area contributed by atoms with E-state index in [0.29, 0.717) is 0 Å². The SMILES string of the molecule is O=[N+]([O-])c1cccc(F)c1[C@@H]1CCN1. The van der Waals surface area contributed by atoms with E-state index in [1.807, 2.05) is 0 Å². The van der Waals surface area contributed by atoms with E-state index in [4.69, 9.17) is 0 Å². The van der Waals surface area contributed by atoms with Crippen LogP contribution in [-0.4, -0.2) is 11.5 Å². The normalized spacial score (nSPS) is 20.2. The van der Waals surface area contributed by atoms with Crippen LogP contribution in [0.15, 0.2) is 18.2 Å². The zero-order chi connectivity index (χ0) is 10.1. The molecule has 0 radical (unpaired) electrons. The van der Waals surface area contributed by atoms with E-state index in [-0.39, 0.29) is 17.3 Å². The third-order valence-corrected chi connectivity index (χ3v) is 2.40. The molecule has 4 nitrogen and oxygen atoms in total. The van der Waals surface area contributed by atoms with Crippen LogP contribution in [0.3, 0.4) is 0 Å². The molecule has 74 valence electrons. The first-order valence-electron chi connectivity index (χ1n) is 4.36. The number of nitrogens with one attached hydrogen (secondary N) is 1. The lowest BCUT2D eigenvalue weighted by molar-refractivity contribution is -0.386. The predicted molar refractivity (Wildman–Crippen MR) is 48.4 cm³/mol. The zero-order valence-electron chi connectivity index (χ0n) is 7.37. The molecule has 0 amide bonds. The minimum atomic E-state index is -0.543. The maximum atomic E-state index is 13.3. The van der Waals surface area contributed by atoms with E-state index in [0.717, 1.165) is 13.0 Å². The fourth-order valence-corrected chi connectivity index (χ4v) is 1.56. The monoisotopic (exact) mass is 196 g/mol. The van der Waals surface area contributed by atoms with Gasteiger partial charge < -0.3 is 5.32 Å². The minimum Gasteiger partial charge on any atom is -0.309 e. The van der Waals surface area contributed by atoms with E-state index in [2.05, 4.69) is 5.32 Å². The molecule has 1 saturated heterocycles. The van der Waals surface area contributed by atoms with Gasteiger partial charge >= 0.3 is 0 Å². The fraction of sp³-hybridized carbons (Fsp3) is 0.333. The summed E-state index contributed by atoms with van der Waals surface area (Å²) in [5, 5.41) is 13.6. The molecule has 0 unspecified atom stereocenters. The molecule has 1 aliphatic heterocycles.